The molecule has 0 radical (unpaired) electrons. The first-order valence-electron chi connectivity index (χ1n) is 4.95. The summed E-state index contributed by atoms with van der Waals surface area (Å²) in [6.07, 6.45) is 6.15. The Bertz CT molecular complexity index is 144. The first kappa shape index (κ1) is 9.72. The van der Waals surface area contributed by atoms with E-state index in [-0.39, 0.29) is 0 Å². The lowest BCUT2D eigenvalue weighted by molar-refractivity contribution is -0.121. The molecule has 0 aromatic rings. The van der Waals surface area contributed by atoms with Crippen LogP contribution in [0.3, 0.4) is 0 Å². The average molecular weight is 169 g/mol. The zero-order chi connectivity index (χ0) is 8.97. The lowest BCUT2D eigenvalue weighted by Gasteiger charge is -2.21. The van der Waals surface area contributed by atoms with Crippen LogP contribution in [0.25, 0.3) is 0 Å². The minimum absolute atomic E-state index is 0.322. The summed E-state index contributed by atoms with van der Waals surface area (Å²) in [6, 6.07) is 0.322. The van der Waals surface area contributed by atoms with Gasteiger partial charge < -0.3 is 5.73 Å². The third kappa shape index (κ3) is 3.35. The molecule has 0 bridgehead atoms. The average Bonchev–Trinajstić information content (AvgIpc) is 2.03. The number of Topliss-reactive ketones (excluding diaryl/α,β-unsaturated/α-hetero) is 1. The van der Waals surface area contributed by atoms with E-state index in [0.29, 0.717) is 11.8 Å². The van der Waals surface area contributed by atoms with Gasteiger partial charge in [-0.15, -0.1) is 0 Å². The van der Waals surface area contributed by atoms with Crippen molar-refractivity contribution >= 4 is 5.78 Å². The van der Waals surface area contributed by atoms with E-state index >= 15 is 0 Å². The van der Waals surface area contributed by atoms with Gasteiger partial charge in [-0.3, -0.25) is 4.79 Å². The predicted molar refractivity (Wildman–Crippen MR) is 49.8 cm³/mol. The Balaban J connectivity index is 2.13. The summed E-state index contributed by atoms with van der Waals surface area (Å²) in [5, 5.41) is 0. The maximum absolute atomic E-state index is 10.9. The highest BCUT2D eigenvalue weighted by Crippen LogP contribution is 2.25. The summed E-state index contributed by atoms with van der Waals surface area (Å²) < 4.78 is 0. The standard InChI is InChI=1S/C10H19NO/c1-8(11)2-3-9-4-6-10(12)7-5-9/h8-9H,2-7,11H2,1H3. The molecule has 70 valence electrons. The smallest absolute Gasteiger partial charge is 0.132 e. The Morgan fingerprint density at radius 2 is 2.08 bits per heavy atom. The van der Waals surface area contributed by atoms with Crippen molar-refractivity contribution in [3.05, 3.63) is 0 Å². The summed E-state index contributed by atoms with van der Waals surface area (Å²) >= 11 is 0. The van der Waals surface area contributed by atoms with Crippen molar-refractivity contribution in [1.29, 1.82) is 0 Å². The molecule has 2 heteroatoms. The number of carbonyl (C=O) groups excluding carboxylic acids is 1. The van der Waals surface area contributed by atoms with Gasteiger partial charge in [-0.2, -0.15) is 0 Å². The highest BCUT2D eigenvalue weighted by molar-refractivity contribution is 5.78. The minimum atomic E-state index is 0.322. The normalized spacial score (nSPS) is 22.7. The van der Waals surface area contributed by atoms with Gasteiger partial charge in [0.15, 0.2) is 0 Å². The van der Waals surface area contributed by atoms with E-state index in [0.717, 1.165) is 38.0 Å². The highest BCUT2D eigenvalue weighted by Gasteiger charge is 2.18. The number of hydrogen-bond donors (Lipinski definition) is 1. The van der Waals surface area contributed by atoms with Crippen molar-refractivity contribution in [3.8, 4) is 0 Å². The van der Waals surface area contributed by atoms with E-state index in [2.05, 4.69) is 0 Å². The fraction of sp³-hybridized carbons (Fsp3) is 0.900. The summed E-state index contributed by atoms with van der Waals surface area (Å²) in [7, 11) is 0. The number of nitrogens with two attached hydrogens (primary N) is 1. The van der Waals surface area contributed by atoms with Crippen LogP contribution in [-0.4, -0.2) is 11.8 Å². The van der Waals surface area contributed by atoms with Crippen molar-refractivity contribution < 1.29 is 4.79 Å². The van der Waals surface area contributed by atoms with E-state index in [1.54, 1.807) is 0 Å². The molecule has 0 heterocycles. The Morgan fingerprint density at radius 3 is 2.58 bits per heavy atom. The van der Waals surface area contributed by atoms with Crippen molar-refractivity contribution in [3.63, 3.8) is 0 Å². The monoisotopic (exact) mass is 169 g/mol. The molecule has 1 aliphatic rings. The van der Waals surface area contributed by atoms with Crippen LogP contribution in [0.1, 0.15) is 45.4 Å². The summed E-state index contributed by atoms with van der Waals surface area (Å²) in [5.74, 6) is 1.22. The molecule has 2 nitrogen and oxygen atoms in total. The van der Waals surface area contributed by atoms with Crippen molar-refractivity contribution in [1.82, 2.24) is 0 Å². The Labute approximate surface area is 74.5 Å². The molecule has 1 atom stereocenters. The van der Waals surface area contributed by atoms with Gasteiger partial charge in [-0.05, 0) is 38.5 Å². The van der Waals surface area contributed by atoms with Crippen LogP contribution < -0.4 is 5.73 Å². The molecule has 1 unspecified atom stereocenters. The maximum atomic E-state index is 10.9. The molecule has 0 aromatic carbocycles. The van der Waals surface area contributed by atoms with Crippen LogP contribution in [0.5, 0.6) is 0 Å². The Hall–Kier alpha value is -0.370. The van der Waals surface area contributed by atoms with Gasteiger partial charge in [0.25, 0.3) is 0 Å². The summed E-state index contributed by atoms with van der Waals surface area (Å²) in [4.78, 5) is 10.9. The van der Waals surface area contributed by atoms with E-state index in [1.807, 2.05) is 6.92 Å². The Morgan fingerprint density at radius 1 is 1.50 bits per heavy atom. The molecule has 0 saturated heterocycles. The van der Waals surface area contributed by atoms with Gasteiger partial charge in [-0.1, -0.05) is 0 Å². The molecule has 1 saturated carbocycles. The fourth-order valence-corrected chi connectivity index (χ4v) is 1.79. The lowest BCUT2D eigenvalue weighted by atomic mass is 9.85. The van der Waals surface area contributed by atoms with Crippen LogP contribution in [0.15, 0.2) is 0 Å². The number of ketones is 1. The second kappa shape index (κ2) is 4.61. The molecule has 12 heavy (non-hydrogen) atoms. The zero-order valence-corrected chi connectivity index (χ0v) is 7.88. The molecule has 0 aliphatic heterocycles. The molecular formula is C10H19NO. The van der Waals surface area contributed by atoms with Crippen LogP contribution >= 0.6 is 0 Å². The van der Waals surface area contributed by atoms with E-state index in [9.17, 15) is 4.79 Å². The van der Waals surface area contributed by atoms with Gasteiger partial charge in [0.05, 0.1) is 0 Å². The molecule has 1 aliphatic carbocycles. The highest BCUT2D eigenvalue weighted by atomic mass is 16.1. The zero-order valence-electron chi connectivity index (χ0n) is 7.88. The molecule has 2 N–H and O–H groups in total. The van der Waals surface area contributed by atoms with E-state index < -0.39 is 0 Å². The molecule has 0 spiro atoms. The number of carbonyl (C=O) groups is 1. The summed E-state index contributed by atoms with van der Waals surface area (Å²) in [6.45, 7) is 2.05. The molecule has 0 aromatic heterocycles. The van der Waals surface area contributed by atoms with Crippen LogP contribution in [-0.2, 0) is 4.79 Å². The maximum Gasteiger partial charge on any atom is 0.132 e. The van der Waals surface area contributed by atoms with Crippen LogP contribution in [0.2, 0.25) is 0 Å². The minimum Gasteiger partial charge on any atom is -0.328 e. The fourth-order valence-electron chi connectivity index (χ4n) is 1.79. The SMILES string of the molecule is CC(N)CCC1CCC(=O)CC1. The predicted octanol–water partition coefficient (Wildman–Crippen LogP) is 1.87. The van der Waals surface area contributed by atoms with Crippen LogP contribution in [0, 0.1) is 5.92 Å². The van der Waals surface area contributed by atoms with Crippen molar-refractivity contribution in [2.24, 2.45) is 11.7 Å². The van der Waals surface area contributed by atoms with Gasteiger partial charge in [-0.25, -0.2) is 0 Å². The van der Waals surface area contributed by atoms with E-state index in [1.165, 1.54) is 6.42 Å². The first-order chi connectivity index (χ1) is 5.68. The van der Waals surface area contributed by atoms with Crippen molar-refractivity contribution in [2.75, 3.05) is 0 Å². The van der Waals surface area contributed by atoms with E-state index in [4.69, 9.17) is 5.73 Å². The summed E-state index contributed by atoms with van der Waals surface area (Å²) in [5.41, 5.74) is 5.67. The van der Waals surface area contributed by atoms with Crippen molar-refractivity contribution in [2.45, 2.75) is 51.5 Å². The lowest BCUT2D eigenvalue weighted by Crippen LogP contribution is -2.19. The molecule has 1 fully saturated rings. The third-order valence-electron chi connectivity index (χ3n) is 2.69. The quantitative estimate of drug-likeness (QED) is 0.701. The largest absolute Gasteiger partial charge is 0.328 e. The second-order valence-electron chi connectivity index (χ2n) is 4.04. The van der Waals surface area contributed by atoms with Crippen LogP contribution in [0.4, 0.5) is 0 Å². The molecule has 1 rings (SSSR count). The number of rotatable bonds is 3. The van der Waals surface area contributed by atoms with Gasteiger partial charge in [0.2, 0.25) is 0 Å². The van der Waals surface area contributed by atoms with Gasteiger partial charge in [0.1, 0.15) is 5.78 Å². The second-order valence-corrected chi connectivity index (χ2v) is 4.04. The Kier molecular flexibility index (Phi) is 3.73. The van der Waals surface area contributed by atoms with Gasteiger partial charge in [0, 0.05) is 18.9 Å². The number of hydrogen-bond acceptors (Lipinski definition) is 2. The van der Waals surface area contributed by atoms with Gasteiger partial charge >= 0.3 is 0 Å². The molecular weight excluding hydrogens is 150 g/mol. The topological polar surface area (TPSA) is 43.1 Å². The molecule has 0 amide bonds. The first-order valence-corrected chi connectivity index (χ1v) is 4.95. The third-order valence-corrected chi connectivity index (χ3v) is 2.69.